The van der Waals surface area contributed by atoms with Crippen molar-refractivity contribution in [2.24, 2.45) is 0 Å². The summed E-state index contributed by atoms with van der Waals surface area (Å²) in [6, 6.07) is 68.6. The van der Waals surface area contributed by atoms with Gasteiger partial charge >= 0.3 is 0 Å². The van der Waals surface area contributed by atoms with E-state index < -0.39 is 0 Å². The number of hydrogen-bond donors (Lipinski definition) is 0. The molecule has 5 heteroatoms. The first-order valence-electron chi connectivity index (χ1n) is 20.3. The summed E-state index contributed by atoms with van der Waals surface area (Å²) < 4.78 is 9.56. The van der Waals surface area contributed by atoms with Gasteiger partial charge in [-0.15, -0.1) is 0 Å². The molecular formula is C55H32N4O. The van der Waals surface area contributed by atoms with Gasteiger partial charge in [-0.1, -0.05) is 164 Å². The molecule has 0 spiro atoms. The molecule has 0 radical (unpaired) electrons. The molecule has 0 aliphatic carbocycles. The molecule has 0 N–H and O–H groups in total. The van der Waals surface area contributed by atoms with Gasteiger partial charge in [0.05, 0.1) is 27.7 Å². The Morgan fingerprint density at radius 3 is 1.73 bits per heavy atom. The molecule has 0 aliphatic heterocycles. The van der Waals surface area contributed by atoms with Crippen LogP contribution >= 0.6 is 0 Å². The summed E-state index contributed by atoms with van der Waals surface area (Å²) in [5, 5.41) is 13.7. The number of benzene rings is 10. The predicted octanol–water partition coefficient (Wildman–Crippen LogP) is 14.5. The summed E-state index contributed by atoms with van der Waals surface area (Å²) >= 11 is 0. The van der Waals surface area contributed by atoms with Crippen LogP contribution in [-0.2, 0) is 0 Å². The smallest absolute Gasteiger partial charge is 0.168 e. The topological polar surface area (TPSA) is 56.7 Å². The second-order valence-electron chi connectivity index (χ2n) is 15.5. The van der Waals surface area contributed by atoms with E-state index in [2.05, 4.69) is 174 Å². The largest absolute Gasteiger partial charge is 0.455 e. The first-order chi connectivity index (χ1) is 29.7. The Balaban J connectivity index is 1.19. The third-order valence-electron chi connectivity index (χ3n) is 12.2. The molecule has 0 atom stereocenters. The summed E-state index contributed by atoms with van der Waals surface area (Å²) in [4.78, 5) is 15.8. The van der Waals surface area contributed by atoms with E-state index in [1.54, 1.807) is 0 Å². The molecule has 0 aliphatic rings. The van der Waals surface area contributed by atoms with Crippen LogP contribution in [0.3, 0.4) is 0 Å². The van der Waals surface area contributed by atoms with E-state index in [1.807, 2.05) is 24.3 Å². The minimum Gasteiger partial charge on any atom is -0.455 e. The number of hydrogen-bond acceptors (Lipinski definition) is 4. The summed E-state index contributed by atoms with van der Waals surface area (Å²) in [6.07, 6.45) is 0. The Kier molecular flexibility index (Phi) is 6.95. The molecule has 3 heterocycles. The van der Waals surface area contributed by atoms with Crippen molar-refractivity contribution >= 4 is 86.8 Å². The molecule has 0 bridgehead atoms. The zero-order chi connectivity index (χ0) is 39.3. The van der Waals surface area contributed by atoms with E-state index in [0.717, 1.165) is 76.9 Å². The zero-order valence-electron chi connectivity index (χ0n) is 32.2. The monoisotopic (exact) mass is 764 g/mol. The van der Waals surface area contributed by atoms with Crippen LogP contribution in [0.5, 0.6) is 0 Å². The van der Waals surface area contributed by atoms with E-state index in [1.165, 1.54) is 32.3 Å². The van der Waals surface area contributed by atoms with Gasteiger partial charge in [-0.25, -0.2) is 15.0 Å². The number of fused-ring (bicyclic) bond motifs is 11. The summed E-state index contributed by atoms with van der Waals surface area (Å²) in [5.74, 6) is 1.75. The van der Waals surface area contributed by atoms with Crippen molar-refractivity contribution in [3.05, 3.63) is 194 Å². The van der Waals surface area contributed by atoms with Crippen molar-refractivity contribution in [2.75, 3.05) is 0 Å². The maximum absolute atomic E-state index is 7.08. The van der Waals surface area contributed by atoms with Crippen LogP contribution in [0.1, 0.15) is 0 Å². The first-order valence-corrected chi connectivity index (χ1v) is 20.3. The van der Waals surface area contributed by atoms with Crippen LogP contribution in [0, 0.1) is 0 Å². The lowest BCUT2D eigenvalue weighted by Crippen LogP contribution is -2.02. The van der Waals surface area contributed by atoms with Crippen LogP contribution in [0.2, 0.25) is 0 Å². The average molecular weight is 765 g/mol. The maximum Gasteiger partial charge on any atom is 0.168 e. The SMILES string of the molecule is c1ccc(-c2nc(-c3ccc4ccccc4c3)nc(-c3c4ccccc4c(-n4c5cc6ccccc6cc5c5c6ccccc6ccc54)c4c3oc3ccccc34)n2)cc1. The van der Waals surface area contributed by atoms with Crippen LogP contribution in [0.25, 0.3) is 127 Å². The summed E-state index contributed by atoms with van der Waals surface area (Å²) in [5.41, 5.74) is 7.52. The van der Waals surface area contributed by atoms with Crippen molar-refractivity contribution in [1.82, 2.24) is 19.5 Å². The van der Waals surface area contributed by atoms with Crippen molar-refractivity contribution < 1.29 is 4.42 Å². The third kappa shape index (κ3) is 4.84. The Hall–Kier alpha value is -8.15. The number of nitrogens with zero attached hydrogens (tertiary/aromatic N) is 4. The first kappa shape index (κ1) is 32.9. The van der Waals surface area contributed by atoms with E-state index in [-0.39, 0.29) is 0 Å². The third-order valence-corrected chi connectivity index (χ3v) is 12.2. The fourth-order valence-corrected chi connectivity index (χ4v) is 9.45. The lowest BCUT2D eigenvalue weighted by atomic mass is 9.96. The van der Waals surface area contributed by atoms with Gasteiger partial charge in [0, 0.05) is 32.7 Å². The molecule has 5 nitrogen and oxygen atoms in total. The van der Waals surface area contributed by atoms with Gasteiger partial charge < -0.3 is 8.98 Å². The van der Waals surface area contributed by atoms with Gasteiger partial charge in [-0.2, -0.15) is 0 Å². The standard InChI is InChI=1S/C55H32N4O/c1-2-16-35(17-3-1)53-56-54(39-27-26-33-14-4-5-18-36(33)30-39)58-55(57-53)50-41-22-10-11-23-42(41)51(49-43-24-12-13-25-47(43)60-52(49)50)59-45-29-28-34-15-8-9-21-40(34)48(45)44-31-37-19-6-7-20-38(37)32-46(44)59/h1-32H. The Labute approximate surface area is 343 Å². The van der Waals surface area contributed by atoms with Gasteiger partial charge in [0.1, 0.15) is 11.2 Å². The predicted molar refractivity (Wildman–Crippen MR) is 248 cm³/mol. The van der Waals surface area contributed by atoms with Crippen molar-refractivity contribution in [1.29, 1.82) is 0 Å². The quantitative estimate of drug-likeness (QED) is 0.179. The molecule has 0 fully saturated rings. The molecule has 13 aromatic rings. The van der Waals surface area contributed by atoms with Gasteiger partial charge in [-0.3, -0.25) is 0 Å². The van der Waals surface area contributed by atoms with Crippen LogP contribution < -0.4 is 0 Å². The van der Waals surface area contributed by atoms with Gasteiger partial charge in [0.2, 0.25) is 0 Å². The van der Waals surface area contributed by atoms with E-state index in [0.29, 0.717) is 17.5 Å². The zero-order valence-corrected chi connectivity index (χ0v) is 32.2. The minimum atomic E-state index is 0.554. The molecule has 0 unspecified atom stereocenters. The van der Waals surface area contributed by atoms with Gasteiger partial charge in [0.15, 0.2) is 17.5 Å². The molecule has 13 rings (SSSR count). The average Bonchev–Trinajstić information content (AvgIpc) is 3.85. The van der Waals surface area contributed by atoms with Crippen LogP contribution in [0.15, 0.2) is 199 Å². The highest BCUT2D eigenvalue weighted by molar-refractivity contribution is 6.28. The number of para-hydroxylation sites is 1. The molecule has 60 heavy (non-hydrogen) atoms. The molecule has 10 aromatic carbocycles. The number of furan rings is 1. The van der Waals surface area contributed by atoms with Gasteiger partial charge in [-0.05, 0) is 68.0 Å². The fourth-order valence-electron chi connectivity index (χ4n) is 9.45. The molecular weight excluding hydrogens is 733 g/mol. The highest BCUT2D eigenvalue weighted by atomic mass is 16.3. The Bertz CT molecular complexity index is 3900. The highest BCUT2D eigenvalue weighted by Gasteiger charge is 2.27. The van der Waals surface area contributed by atoms with Crippen LogP contribution in [-0.4, -0.2) is 19.5 Å². The minimum absolute atomic E-state index is 0.554. The lowest BCUT2D eigenvalue weighted by molar-refractivity contribution is 0.670. The normalized spacial score (nSPS) is 12.0. The lowest BCUT2D eigenvalue weighted by Gasteiger charge is -2.17. The number of rotatable bonds is 4. The molecule has 3 aromatic heterocycles. The Morgan fingerprint density at radius 1 is 0.350 bits per heavy atom. The van der Waals surface area contributed by atoms with E-state index in [4.69, 9.17) is 19.4 Å². The van der Waals surface area contributed by atoms with Crippen molar-refractivity contribution in [3.63, 3.8) is 0 Å². The molecule has 0 saturated heterocycles. The molecule has 0 saturated carbocycles. The van der Waals surface area contributed by atoms with Crippen LogP contribution in [0.4, 0.5) is 0 Å². The molecule has 0 amide bonds. The van der Waals surface area contributed by atoms with E-state index in [9.17, 15) is 0 Å². The number of aromatic nitrogens is 4. The van der Waals surface area contributed by atoms with Crippen molar-refractivity contribution in [2.45, 2.75) is 0 Å². The summed E-state index contributed by atoms with van der Waals surface area (Å²) in [7, 11) is 0. The Morgan fingerprint density at radius 2 is 0.933 bits per heavy atom. The van der Waals surface area contributed by atoms with E-state index >= 15 is 0 Å². The molecule has 278 valence electrons. The maximum atomic E-state index is 7.08. The summed E-state index contributed by atoms with van der Waals surface area (Å²) in [6.45, 7) is 0. The second-order valence-corrected chi connectivity index (χ2v) is 15.5. The fraction of sp³-hybridized carbons (Fsp3) is 0. The second kappa shape index (κ2) is 12.7. The highest BCUT2D eigenvalue weighted by Crippen LogP contribution is 2.48. The van der Waals surface area contributed by atoms with Crippen molar-refractivity contribution in [3.8, 4) is 39.9 Å². The van der Waals surface area contributed by atoms with Gasteiger partial charge in [0.25, 0.3) is 0 Å².